The molecule has 3 rings (SSSR count). The molecule has 0 aliphatic heterocycles. The molecular weight excluding hydrogens is 315 g/mol. The van der Waals surface area contributed by atoms with E-state index in [1.54, 1.807) is 36.4 Å². The first-order valence-electron chi connectivity index (χ1n) is 5.78. The van der Waals surface area contributed by atoms with Crippen molar-refractivity contribution in [3.8, 4) is 0 Å². The average molecular weight is 325 g/mol. The van der Waals surface area contributed by atoms with Crippen LogP contribution in [0.2, 0.25) is 0 Å². The van der Waals surface area contributed by atoms with E-state index in [1.165, 1.54) is 0 Å². The Morgan fingerprint density at radius 2 is 1.05 bits per heavy atom. The molecule has 1 aliphatic rings. The molecule has 0 saturated carbocycles. The third-order valence-corrected chi connectivity index (χ3v) is 3.14. The standard InChI is InChI=1S/C14H10N2O2.Mn.2O/c15-9-5-1-3-7-11(9)14(18)8-4-2-6-10(16)12(8)13(7)17;;;/h1-6H,15-16H2;;;. The number of hydrogen-bond acceptors (Lipinski definition) is 6. The van der Waals surface area contributed by atoms with Crippen LogP contribution in [0.1, 0.15) is 31.8 Å². The van der Waals surface area contributed by atoms with Gasteiger partial charge in [-0.15, -0.1) is 0 Å². The second kappa shape index (κ2) is 5.87. The number of ketones is 2. The fourth-order valence-corrected chi connectivity index (χ4v) is 2.29. The van der Waals surface area contributed by atoms with Crippen LogP contribution >= 0.6 is 0 Å². The van der Waals surface area contributed by atoms with Crippen molar-refractivity contribution in [2.24, 2.45) is 0 Å². The van der Waals surface area contributed by atoms with Crippen molar-refractivity contribution in [1.29, 1.82) is 0 Å². The summed E-state index contributed by atoms with van der Waals surface area (Å²) >= 11 is -1.44. The summed E-state index contributed by atoms with van der Waals surface area (Å²) < 4.78 is 16.8. The predicted molar refractivity (Wildman–Crippen MR) is 69.9 cm³/mol. The number of rotatable bonds is 0. The fourth-order valence-electron chi connectivity index (χ4n) is 2.29. The van der Waals surface area contributed by atoms with Gasteiger partial charge in [-0.05, 0) is 12.1 Å². The number of carbonyl (C=O) groups excluding carboxylic acids is 2. The van der Waals surface area contributed by atoms with E-state index in [2.05, 4.69) is 0 Å². The fraction of sp³-hybridized carbons (Fsp3) is 0. The molecule has 0 spiro atoms. The first-order chi connectivity index (χ1) is 10.0. The summed E-state index contributed by atoms with van der Waals surface area (Å²) in [4.78, 5) is 24.7. The quantitative estimate of drug-likeness (QED) is 0.476. The van der Waals surface area contributed by atoms with Crippen LogP contribution in [-0.4, -0.2) is 11.6 Å². The number of carbonyl (C=O) groups is 2. The summed E-state index contributed by atoms with van der Waals surface area (Å²) in [6.07, 6.45) is 0. The maximum absolute atomic E-state index is 12.3. The van der Waals surface area contributed by atoms with E-state index in [0.717, 1.165) is 0 Å². The Balaban J connectivity index is 0.000000497. The van der Waals surface area contributed by atoms with Gasteiger partial charge in [0.1, 0.15) is 0 Å². The van der Waals surface area contributed by atoms with E-state index in [-0.39, 0.29) is 22.7 Å². The van der Waals surface area contributed by atoms with Gasteiger partial charge in [-0.25, -0.2) is 0 Å². The van der Waals surface area contributed by atoms with Crippen LogP contribution in [0.15, 0.2) is 36.4 Å². The Morgan fingerprint density at radius 1 is 0.714 bits per heavy atom. The van der Waals surface area contributed by atoms with Gasteiger partial charge in [0.25, 0.3) is 0 Å². The van der Waals surface area contributed by atoms with E-state index in [1.807, 2.05) is 0 Å². The number of anilines is 2. The molecule has 1 aliphatic carbocycles. The van der Waals surface area contributed by atoms with Gasteiger partial charge in [-0.1, -0.05) is 24.3 Å². The Hall–Kier alpha value is -2.50. The average Bonchev–Trinajstić information content (AvgIpc) is 2.45. The van der Waals surface area contributed by atoms with Gasteiger partial charge in [-0.3, -0.25) is 9.59 Å². The molecule has 4 N–H and O–H groups in total. The molecule has 7 heteroatoms. The summed E-state index contributed by atoms with van der Waals surface area (Å²) in [7, 11) is 0. The molecule has 2 aromatic rings. The molecule has 0 fully saturated rings. The Labute approximate surface area is 125 Å². The van der Waals surface area contributed by atoms with Crippen molar-refractivity contribution < 1.29 is 32.1 Å². The van der Waals surface area contributed by atoms with Crippen molar-refractivity contribution in [2.75, 3.05) is 11.5 Å². The van der Waals surface area contributed by atoms with Crippen LogP contribution in [0.4, 0.5) is 11.4 Å². The van der Waals surface area contributed by atoms with E-state index in [0.29, 0.717) is 22.5 Å². The molecular formula is C14H10MnN2O4. The Morgan fingerprint density at radius 3 is 1.38 bits per heavy atom. The van der Waals surface area contributed by atoms with E-state index < -0.39 is 14.8 Å². The van der Waals surface area contributed by atoms with E-state index >= 15 is 0 Å². The van der Waals surface area contributed by atoms with Gasteiger partial charge in [0, 0.05) is 22.5 Å². The summed E-state index contributed by atoms with van der Waals surface area (Å²) in [5.41, 5.74) is 13.4. The maximum atomic E-state index is 12.3. The van der Waals surface area contributed by atoms with Gasteiger partial charge in [0.2, 0.25) is 0 Å². The molecule has 2 aromatic carbocycles. The molecule has 6 nitrogen and oxygen atoms in total. The summed E-state index contributed by atoms with van der Waals surface area (Å²) in [5, 5.41) is 0. The first-order valence-corrected chi connectivity index (χ1v) is 6.75. The Kier molecular flexibility index (Phi) is 4.16. The van der Waals surface area contributed by atoms with Crippen molar-refractivity contribution in [1.82, 2.24) is 0 Å². The third kappa shape index (κ3) is 2.44. The van der Waals surface area contributed by atoms with Crippen LogP contribution in [-0.2, 0) is 22.5 Å². The topological polar surface area (TPSA) is 120 Å². The summed E-state index contributed by atoms with van der Waals surface area (Å²) in [6.45, 7) is 0. The number of benzene rings is 2. The number of hydrogen-bond donors (Lipinski definition) is 2. The van der Waals surface area contributed by atoms with Crippen molar-refractivity contribution in [3.63, 3.8) is 0 Å². The third-order valence-electron chi connectivity index (χ3n) is 3.14. The molecule has 0 heterocycles. The van der Waals surface area contributed by atoms with Gasteiger partial charge >= 0.3 is 22.5 Å². The second-order valence-corrected chi connectivity index (χ2v) is 4.46. The SMILES string of the molecule is Nc1cccc2c1C(=O)c1cccc(N)c1C2=O.[O]=[Mn]=[O]. The Bertz CT molecular complexity index is 734. The predicted octanol–water partition coefficient (Wildman–Crippen LogP) is 1.39. The van der Waals surface area contributed by atoms with Crippen molar-refractivity contribution >= 4 is 22.9 Å². The normalized spacial score (nSPS) is 11.8. The van der Waals surface area contributed by atoms with Gasteiger partial charge in [-0.2, -0.15) is 0 Å². The molecule has 0 aromatic heterocycles. The molecule has 0 bridgehead atoms. The first kappa shape index (κ1) is 14.9. The van der Waals surface area contributed by atoms with Crippen LogP contribution in [0, 0.1) is 0 Å². The zero-order valence-corrected chi connectivity index (χ0v) is 11.8. The molecule has 0 unspecified atom stereocenters. The number of nitrogens with two attached hydrogens (primary N) is 2. The number of fused-ring (bicyclic) bond motifs is 2. The summed E-state index contributed by atoms with van der Waals surface area (Å²) in [5.74, 6) is -0.491. The molecule has 107 valence electrons. The molecule has 0 radical (unpaired) electrons. The van der Waals surface area contributed by atoms with Gasteiger partial charge in [0.05, 0.1) is 11.1 Å². The number of nitrogen functional groups attached to an aromatic ring is 2. The van der Waals surface area contributed by atoms with E-state index in [9.17, 15) is 9.59 Å². The monoisotopic (exact) mass is 325 g/mol. The minimum atomic E-state index is -1.44. The van der Waals surface area contributed by atoms with E-state index in [4.69, 9.17) is 19.1 Å². The van der Waals surface area contributed by atoms with Crippen LogP contribution in [0.3, 0.4) is 0 Å². The van der Waals surface area contributed by atoms with Crippen LogP contribution in [0.25, 0.3) is 0 Å². The zero-order chi connectivity index (χ0) is 15.6. The van der Waals surface area contributed by atoms with Crippen molar-refractivity contribution in [3.05, 3.63) is 58.7 Å². The molecule has 0 amide bonds. The minimum absolute atomic E-state index is 0.245. The zero-order valence-electron chi connectivity index (χ0n) is 10.6. The van der Waals surface area contributed by atoms with Crippen LogP contribution in [0.5, 0.6) is 0 Å². The van der Waals surface area contributed by atoms with Gasteiger partial charge in [0.15, 0.2) is 11.6 Å². The molecule has 21 heavy (non-hydrogen) atoms. The van der Waals surface area contributed by atoms with Crippen molar-refractivity contribution in [2.45, 2.75) is 0 Å². The van der Waals surface area contributed by atoms with Gasteiger partial charge < -0.3 is 11.5 Å². The molecule has 0 saturated heterocycles. The molecule has 0 atom stereocenters. The second-order valence-electron chi connectivity index (χ2n) is 4.26. The van der Waals surface area contributed by atoms with Crippen LogP contribution < -0.4 is 11.5 Å². The summed E-state index contributed by atoms with van der Waals surface area (Å²) in [6, 6.07) is 9.73.